The SMILES string of the molecule is COCCC(=O)N1CCCC(CCc2c(F)cccc2F)C1. The summed E-state index contributed by atoms with van der Waals surface area (Å²) in [7, 11) is 1.58. The molecule has 0 radical (unpaired) electrons. The quantitative estimate of drug-likeness (QED) is 0.807. The number of piperidine rings is 1. The van der Waals surface area contributed by atoms with Gasteiger partial charge in [-0.25, -0.2) is 8.78 Å². The average molecular weight is 311 g/mol. The number of amides is 1. The lowest BCUT2D eigenvalue weighted by Crippen LogP contribution is -2.40. The van der Waals surface area contributed by atoms with E-state index in [1.54, 1.807) is 7.11 Å². The van der Waals surface area contributed by atoms with Crippen LogP contribution < -0.4 is 0 Å². The minimum absolute atomic E-state index is 0.101. The Morgan fingerprint density at radius 3 is 2.77 bits per heavy atom. The molecule has 0 aliphatic carbocycles. The van der Waals surface area contributed by atoms with Crippen molar-refractivity contribution in [2.75, 3.05) is 26.8 Å². The first-order chi connectivity index (χ1) is 10.6. The van der Waals surface area contributed by atoms with Crippen molar-refractivity contribution >= 4 is 5.91 Å². The number of rotatable bonds is 6. The van der Waals surface area contributed by atoms with Gasteiger partial charge in [-0.15, -0.1) is 0 Å². The normalized spacial score (nSPS) is 18.5. The molecule has 1 aliphatic heterocycles. The minimum atomic E-state index is -0.483. The van der Waals surface area contributed by atoms with Crippen molar-refractivity contribution in [2.45, 2.75) is 32.1 Å². The van der Waals surface area contributed by atoms with Gasteiger partial charge in [-0.2, -0.15) is 0 Å². The van der Waals surface area contributed by atoms with Crippen LogP contribution >= 0.6 is 0 Å². The molecule has 1 atom stereocenters. The minimum Gasteiger partial charge on any atom is -0.384 e. The van der Waals surface area contributed by atoms with Crippen LogP contribution in [0.15, 0.2) is 18.2 Å². The predicted molar refractivity (Wildman–Crippen MR) is 80.5 cm³/mol. The van der Waals surface area contributed by atoms with Crippen molar-refractivity contribution in [3.8, 4) is 0 Å². The van der Waals surface area contributed by atoms with Crippen molar-refractivity contribution in [3.63, 3.8) is 0 Å². The Kier molecular flexibility index (Phi) is 6.31. The van der Waals surface area contributed by atoms with Gasteiger partial charge in [-0.3, -0.25) is 4.79 Å². The van der Waals surface area contributed by atoms with Crippen LogP contribution in [-0.2, 0) is 16.0 Å². The number of ether oxygens (including phenoxy) is 1. The molecule has 0 N–H and O–H groups in total. The van der Waals surface area contributed by atoms with E-state index in [2.05, 4.69) is 0 Å². The van der Waals surface area contributed by atoms with Gasteiger partial charge in [-0.1, -0.05) is 6.07 Å². The molecule has 0 saturated carbocycles. The Balaban J connectivity index is 1.86. The lowest BCUT2D eigenvalue weighted by atomic mass is 9.91. The molecule has 0 bridgehead atoms. The summed E-state index contributed by atoms with van der Waals surface area (Å²) in [4.78, 5) is 13.9. The number of carbonyl (C=O) groups is 1. The van der Waals surface area contributed by atoms with Crippen molar-refractivity contribution < 1.29 is 18.3 Å². The fraction of sp³-hybridized carbons (Fsp3) is 0.588. The molecular formula is C17H23F2NO2. The molecule has 1 aliphatic rings. The van der Waals surface area contributed by atoms with E-state index in [1.165, 1.54) is 18.2 Å². The highest BCUT2D eigenvalue weighted by atomic mass is 19.1. The molecule has 5 heteroatoms. The van der Waals surface area contributed by atoms with Crippen molar-refractivity contribution in [1.29, 1.82) is 0 Å². The molecule has 122 valence electrons. The standard InChI is InChI=1S/C17H23F2NO2/c1-22-11-9-17(21)20-10-3-4-13(12-20)7-8-14-15(18)5-2-6-16(14)19/h2,5-6,13H,3-4,7-12H2,1H3. The summed E-state index contributed by atoms with van der Waals surface area (Å²) in [6.07, 6.45) is 3.42. The van der Waals surface area contributed by atoms with Crippen LogP contribution in [0, 0.1) is 17.6 Å². The van der Waals surface area contributed by atoms with Gasteiger partial charge in [0.15, 0.2) is 0 Å². The lowest BCUT2D eigenvalue weighted by molar-refractivity contribution is -0.134. The highest BCUT2D eigenvalue weighted by molar-refractivity contribution is 5.76. The molecule has 0 aromatic heterocycles. The first kappa shape index (κ1) is 16.9. The van der Waals surface area contributed by atoms with Gasteiger partial charge >= 0.3 is 0 Å². The molecule has 1 aromatic rings. The summed E-state index contributed by atoms with van der Waals surface area (Å²) in [6.45, 7) is 1.88. The summed E-state index contributed by atoms with van der Waals surface area (Å²) in [6, 6.07) is 3.96. The summed E-state index contributed by atoms with van der Waals surface area (Å²) < 4.78 is 32.2. The van der Waals surface area contributed by atoms with Crippen LogP contribution in [-0.4, -0.2) is 37.6 Å². The Morgan fingerprint density at radius 2 is 2.09 bits per heavy atom. The van der Waals surface area contributed by atoms with Crippen molar-refractivity contribution in [1.82, 2.24) is 4.90 Å². The first-order valence-electron chi connectivity index (χ1n) is 7.81. The van der Waals surface area contributed by atoms with E-state index in [9.17, 15) is 13.6 Å². The molecule has 0 spiro atoms. The largest absolute Gasteiger partial charge is 0.384 e. The Morgan fingerprint density at radius 1 is 1.36 bits per heavy atom. The number of nitrogens with zero attached hydrogens (tertiary/aromatic N) is 1. The third-order valence-corrected chi connectivity index (χ3v) is 4.26. The third-order valence-electron chi connectivity index (χ3n) is 4.26. The van der Waals surface area contributed by atoms with E-state index in [-0.39, 0.29) is 11.5 Å². The van der Waals surface area contributed by atoms with Gasteiger partial charge < -0.3 is 9.64 Å². The number of hydrogen-bond acceptors (Lipinski definition) is 2. The molecule has 1 fully saturated rings. The lowest BCUT2D eigenvalue weighted by Gasteiger charge is -2.33. The van der Waals surface area contributed by atoms with Crippen LogP contribution in [0.3, 0.4) is 0 Å². The van der Waals surface area contributed by atoms with Crippen molar-refractivity contribution in [3.05, 3.63) is 35.4 Å². The number of methoxy groups -OCH3 is 1. The number of halogens is 2. The summed E-state index contributed by atoms with van der Waals surface area (Å²) in [5.74, 6) is -0.560. The molecule has 22 heavy (non-hydrogen) atoms. The van der Waals surface area contributed by atoms with E-state index >= 15 is 0 Å². The second-order valence-corrected chi connectivity index (χ2v) is 5.83. The zero-order valence-electron chi connectivity index (χ0n) is 13.0. The molecule has 1 amide bonds. The second-order valence-electron chi connectivity index (χ2n) is 5.83. The monoisotopic (exact) mass is 311 g/mol. The fourth-order valence-corrected chi connectivity index (χ4v) is 2.99. The van der Waals surface area contributed by atoms with Gasteiger partial charge in [0, 0.05) is 25.8 Å². The molecule has 1 unspecified atom stereocenters. The molecule has 3 nitrogen and oxygen atoms in total. The van der Waals surface area contributed by atoms with Crippen LogP contribution in [0.1, 0.15) is 31.2 Å². The van der Waals surface area contributed by atoms with Crippen LogP contribution in [0.4, 0.5) is 8.78 Å². The molecule has 2 rings (SSSR count). The first-order valence-corrected chi connectivity index (χ1v) is 7.81. The smallest absolute Gasteiger partial charge is 0.224 e. The van der Waals surface area contributed by atoms with Crippen LogP contribution in [0.25, 0.3) is 0 Å². The van der Waals surface area contributed by atoms with Crippen LogP contribution in [0.2, 0.25) is 0 Å². The van der Waals surface area contributed by atoms with Gasteiger partial charge in [0.2, 0.25) is 5.91 Å². The maximum absolute atomic E-state index is 13.6. The van der Waals surface area contributed by atoms with E-state index in [0.29, 0.717) is 38.3 Å². The molecule has 1 saturated heterocycles. The van der Waals surface area contributed by atoms with E-state index in [0.717, 1.165) is 19.4 Å². The summed E-state index contributed by atoms with van der Waals surface area (Å²) >= 11 is 0. The summed E-state index contributed by atoms with van der Waals surface area (Å²) in [5, 5.41) is 0. The second kappa shape index (κ2) is 8.22. The molecule has 1 aromatic carbocycles. The Labute approximate surface area is 130 Å². The van der Waals surface area contributed by atoms with E-state index in [4.69, 9.17) is 4.74 Å². The van der Waals surface area contributed by atoms with E-state index in [1.807, 2.05) is 4.90 Å². The Bertz CT molecular complexity index is 487. The molecular weight excluding hydrogens is 288 g/mol. The third kappa shape index (κ3) is 4.50. The number of hydrogen-bond donors (Lipinski definition) is 0. The fourth-order valence-electron chi connectivity index (χ4n) is 2.99. The van der Waals surface area contributed by atoms with Gasteiger partial charge in [0.1, 0.15) is 11.6 Å². The van der Waals surface area contributed by atoms with Gasteiger partial charge in [-0.05, 0) is 43.7 Å². The highest BCUT2D eigenvalue weighted by Gasteiger charge is 2.23. The number of benzene rings is 1. The highest BCUT2D eigenvalue weighted by Crippen LogP contribution is 2.23. The maximum Gasteiger partial charge on any atom is 0.224 e. The average Bonchev–Trinajstić information content (AvgIpc) is 2.52. The Hall–Kier alpha value is -1.49. The zero-order chi connectivity index (χ0) is 15.9. The van der Waals surface area contributed by atoms with Crippen molar-refractivity contribution in [2.24, 2.45) is 5.92 Å². The van der Waals surface area contributed by atoms with E-state index < -0.39 is 11.6 Å². The maximum atomic E-state index is 13.6. The number of likely N-dealkylation sites (tertiary alicyclic amines) is 1. The topological polar surface area (TPSA) is 29.5 Å². The van der Waals surface area contributed by atoms with Gasteiger partial charge in [0.25, 0.3) is 0 Å². The zero-order valence-corrected chi connectivity index (χ0v) is 13.0. The van der Waals surface area contributed by atoms with Gasteiger partial charge in [0.05, 0.1) is 13.0 Å². The van der Waals surface area contributed by atoms with Crippen LogP contribution in [0.5, 0.6) is 0 Å². The molecule has 1 heterocycles. The predicted octanol–water partition coefficient (Wildman–Crippen LogP) is 3.17. The summed E-state index contributed by atoms with van der Waals surface area (Å²) in [5.41, 5.74) is 0.158. The number of carbonyl (C=O) groups excluding carboxylic acids is 1.